The second-order valence-electron chi connectivity index (χ2n) is 7.94. The van der Waals surface area contributed by atoms with E-state index in [4.69, 9.17) is 10.2 Å². The highest BCUT2D eigenvalue weighted by Crippen LogP contribution is 2.32. The Labute approximate surface area is 167 Å². The zero-order chi connectivity index (χ0) is 19.5. The maximum atomic E-state index is 9.10. The van der Waals surface area contributed by atoms with Gasteiger partial charge in [-0.3, -0.25) is 4.90 Å². The summed E-state index contributed by atoms with van der Waals surface area (Å²) in [5.74, 6) is 1.56. The fourth-order valence-corrected chi connectivity index (χ4v) is 4.68. The number of nitrogens with zero attached hydrogens (tertiary/aromatic N) is 5. The van der Waals surface area contributed by atoms with Crippen LogP contribution in [0.2, 0.25) is 0 Å². The summed E-state index contributed by atoms with van der Waals surface area (Å²) >= 11 is 0. The molecule has 0 aliphatic carbocycles. The van der Waals surface area contributed by atoms with E-state index in [0.29, 0.717) is 23.6 Å². The number of aromatic nitrogens is 2. The van der Waals surface area contributed by atoms with Crippen LogP contribution in [0.15, 0.2) is 30.5 Å². The number of piperidine rings is 2. The molecule has 2 fully saturated rings. The van der Waals surface area contributed by atoms with Crippen molar-refractivity contribution >= 4 is 17.5 Å². The number of hydrogen-bond donors (Lipinski definition) is 1. The van der Waals surface area contributed by atoms with Crippen LogP contribution in [0.25, 0.3) is 0 Å². The average molecular weight is 377 g/mol. The summed E-state index contributed by atoms with van der Waals surface area (Å²) in [6.45, 7) is 4.55. The van der Waals surface area contributed by atoms with Crippen LogP contribution in [0.1, 0.15) is 43.2 Å². The van der Waals surface area contributed by atoms with Crippen LogP contribution < -0.4 is 10.2 Å². The van der Waals surface area contributed by atoms with Crippen LogP contribution in [0.4, 0.5) is 17.5 Å². The Hall–Kier alpha value is -2.65. The van der Waals surface area contributed by atoms with Gasteiger partial charge in [-0.25, -0.2) is 4.98 Å². The Kier molecular flexibility index (Phi) is 5.45. The molecule has 2 aliphatic heterocycles. The molecule has 2 aromatic rings. The van der Waals surface area contributed by atoms with E-state index in [0.717, 1.165) is 17.1 Å². The fraction of sp³-hybridized carbons (Fsp3) is 0.500. The van der Waals surface area contributed by atoms with Gasteiger partial charge in [-0.15, -0.1) is 0 Å². The highest BCUT2D eigenvalue weighted by Gasteiger charge is 2.36. The van der Waals surface area contributed by atoms with Crippen LogP contribution >= 0.6 is 0 Å². The van der Waals surface area contributed by atoms with E-state index in [1.807, 2.05) is 24.4 Å². The third kappa shape index (κ3) is 3.81. The highest BCUT2D eigenvalue weighted by atomic mass is 15.3. The molecule has 0 radical (unpaired) electrons. The standard InChI is InChI=1S/C22H28N6/c1-16-15-24-22(25-18-8-5-7-17(13-18)14-23)26-21(16)27(2)19-10-6-12-28-11-4-3-9-20(19)28/h5,7-8,13,15,19-20H,3-4,6,9-12H2,1-2H3,(H,24,25,26)/t19-,20+/m0/s1. The normalized spacial score (nSPS) is 22.2. The van der Waals surface area contributed by atoms with Crippen LogP contribution in [0.5, 0.6) is 0 Å². The van der Waals surface area contributed by atoms with E-state index >= 15 is 0 Å². The molecule has 1 aromatic carbocycles. The zero-order valence-electron chi connectivity index (χ0n) is 16.7. The summed E-state index contributed by atoms with van der Waals surface area (Å²) in [5.41, 5.74) is 2.54. The van der Waals surface area contributed by atoms with Crippen LogP contribution in [0, 0.1) is 18.3 Å². The third-order valence-electron chi connectivity index (χ3n) is 6.08. The molecular weight excluding hydrogens is 348 g/mol. The number of benzene rings is 1. The first-order valence-electron chi connectivity index (χ1n) is 10.2. The van der Waals surface area contributed by atoms with Gasteiger partial charge >= 0.3 is 0 Å². The summed E-state index contributed by atoms with van der Waals surface area (Å²) in [7, 11) is 2.18. The molecule has 0 spiro atoms. The van der Waals surface area contributed by atoms with Crippen molar-refractivity contribution < 1.29 is 0 Å². The van der Waals surface area contributed by atoms with E-state index in [1.54, 1.807) is 6.07 Å². The molecule has 2 atom stereocenters. The molecule has 0 bridgehead atoms. The number of likely N-dealkylation sites (N-methyl/N-ethyl adjacent to an activating group) is 1. The van der Waals surface area contributed by atoms with E-state index in [2.05, 4.69) is 40.1 Å². The minimum absolute atomic E-state index is 0.498. The Morgan fingerprint density at radius 2 is 2.07 bits per heavy atom. The summed E-state index contributed by atoms with van der Waals surface area (Å²) in [4.78, 5) is 14.3. The molecule has 2 saturated heterocycles. The minimum atomic E-state index is 0.498. The Bertz CT molecular complexity index is 872. The van der Waals surface area contributed by atoms with Crippen molar-refractivity contribution in [1.82, 2.24) is 14.9 Å². The van der Waals surface area contributed by atoms with Crippen LogP contribution in [0.3, 0.4) is 0 Å². The van der Waals surface area contributed by atoms with E-state index in [9.17, 15) is 0 Å². The minimum Gasteiger partial charge on any atom is -0.355 e. The first-order chi connectivity index (χ1) is 13.7. The monoisotopic (exact) mass is 376 g/mol. The SMILES string of the molecule is Cc1cnc(Nc2cccc(C#N)c2)nc1N(C)[C@H]1CCCN2CCCC[C@H]12. The smallest absolute Gasteiger partial charge is 0.229 e. The number of rotatable bonds is 4. The van der Waals surface area contributed by atoms with Gasteiger partial charge in [0.1, 0.15) is 5.82 Å². The molecule has 3 heterocycles. The number of fused-ring (bicyclic) bond motifs is 1. The van der Waals surface area contributed by atoms with Crippen molar-refractivity contribution in [3.8, 4) is 6.07 Å². The quantitative estimate of drug-likeness (QED) is 0.874. The summed E-state index contributed by atoms with van der Waals surface area (Å²) < 4.78 is 0. The molecule has 1 aromatic heterocycles. The van der Waals surface area contributed by atoms with Gasteiger partial charge in [0.05, 0.1) is 11.6 Å². The van der Waals surface area contributed by atoms with E-state index < -0.39 is 0 Å². The summed E-state index contributed by atoms with van der Waals surface area (Å²) in [6, 6.07) is 10.7. The molecule has 28 heavy (non-hydrogen) atoms. The number of hydrogen-bond acceptors (Lipinski definition) is 6. The lowest BCUT2D eigenvalue weighted by atomic mass is 9.88. The van der Waals surface area contributed by atoms with Gasteiger partial charge in [0.25, 0.3) is 0 Å². The number of nitrogens with one attached hydrogen (secondary N) is 1. The lowest BCUT2D eigenvalue weighted by Crippen LogP contribution is -2.56. The van der Waals surface area contributed by atoms with Crippen molar-refractivity contribution in [2.45, 2.75) is 51.1 Å². The van der Waals surface area contributed by atoms with Crippen LogP contribution in [-0.2, 0) is 0 Å². The lowest BCUT2D eigenvalue weighted by molar-refractivity contribution is 0.0893. The largest absolute Gasteiger partial charge is 0.355 e. The first kappa shape index (κ1) is 18.7. The predicted octanol–water partition coefficient (Wildman–Crippen LogP) is 3.85. The molecule has 2 aliphatic rings. The Balaban J connectivity index is 1.57. The Morgan fingerprint density at radius 3 is 2.93 bits per heavy atom. The molecule has 1 N–H and O–H groups in total. The van der Waals surface area contributed by atoms with Crippen molar-refractivity contribution in [2.75, 3.05) is 30.4 Å². The summed E-state index contributed by atoms with van der Waals surface area (Å²) in [5, 5.41) is 12.4. The van der Waals surface area contributed by atoms with Gasteiger partial charge in [0.2, 0.25) is 5.95 Å². The molecule has 4 rings (SSSR count). The lowest BCUT2D eigenvalue weighted by Gasteiger charge is -2.47. The second-order valence-corrected chi connectivity index (χ2v) is 7.94. The van der Waals surface area contributed by atoms with Crippen molar-refractivity contribution in [3.05, 3.63) is 41.6 Å². The zero-order valence-corrected chi connectivity index (χ0v) is 16.7. The molecule has 6 heteroatoms. The topological polar surface area (TPSA) is 68.1 Å². The van der Waals surface area contributed by atoms with Crippen molar-refractivity contribution in [1.29, 1.82) is 5.26 Å². The van der Waals surface area contributed by atoms with Gasteiger partial charge in [0, 0.05) is 36.6 Å². The van der Waals surface area contributed by atoms with Crippen LogP contribution in [-0.4, -0.2) is 47.1 Å². The van der Waals surface area contributed by atoms with Gasteiger partial charge in [-0.1, -0.05) is 12.5 Å². The predicted molar refractivity (Wildman–Crippen MR) is 112 cm³/mol. The molecule has 0 amide bonds. The van der Waals surface area contributed by atoms with E-state index in [1.165, 1.54) is 45.2 Å². The Morgan fingerprint density at radius 1 is 1.21 bits per heavy atom. The maximum Gasteiger partial charge on any atom is 0.229 e. The van der Waals surface area contributed by atoms with Gasteiger partial charge < -0.3 is 10.2 Å². The molecule has 0 saturated carbocycles. The molecule has 146 valence electrons. The molecule has 0 unspecified atom stereocenters. The van der Waals surface area contributed by atoms with Crippen molar-refractivity contribution in [3.63, 3.8) is 0 Å². The summed E-state index contributed by atoms with van der Waals surface area (Å²) in [6.07, 6.45) is 8.29. The third-order valence-corrected chi connectivity index (χ3v) is 6.08. The first-order valence-corrected chi connectivity index (χ1v) is 10.2. The molecule has 6 nitrogen and oxygen atoms in total. The van der Waals surface area contributed by atoms with Crippen molar-refractivity contribution in [2.24, 2.45) is 0 Å². The van der Waals surface area contributed by atoms with E-state index in [-0.39, 0.29) is 0 Å². The maximum absolute atomic E-state index is 9.10. The highest BCUT2D eigenvalue weighted by molar-refractivity contribution is 5.58. The number of anilines is 3. The molecular formula is C22H28N6. The second kappa shape index (κ2) is 8.15. The van der Waals surface area contributed by atoms with Gasteiger partial charge in [-0.05, 0) is 63.9 Å². The average Bonchev–Trinajstić information content (AvgIpc) is 2.74. The van der Waals surface area contributed by atoms with Gasteiger partial charge in [-0.2, -0.15) is 10.2 Å². The fourth-order valence-electron chi connectivity index (χ4n) is 4.68. The number of nitriles is 1. The van der Waals surface area contributed by atoms with Gasteiger partial charge in [0.15, 0.2) is 0 Å². The number of aryl methyl sites for hydroxylation is 1.